The predicted molar refractivity (Wildman–Crippen MR) is 62.7 cm³/mol. The molecule has 2 nitrogen and oxygen atoms in total. The first-order valence-corrected chi connectivity index (χ1v) is 5.96. The number of nitrogens with two attached hydrogens (primary N) is 1. The Labute approximate surface area is 101 Å². The maximum absolute atomic E-state index is 12.4. The highest BCUT2D eigenvalue weighted by atomic mass is 19.4. The van der Waals surface area contributed by atoms with Crippen LogP contribution in [0.4, 0.5) is 13.2 Å². The molecule has 0 spiro atoms. The van der Waals surface area contributed by atoms with E-state index in [0.29, 0.717) is 13.1 Å². The van der Waals surface area contributed by atoms with Crippen LogP contribution in [0.1, 0.15) is 33.1 Å². The van der Waals surface area contributed by atoms with Crippen LogP contribution in [0.15, 0.2) is 11.6 Å². The van der Waals surface area contributed by atoms with Gasteiger partial charge < -0.3 is 5.73 Å². The smallest absolute Gasteiger partial charge is 0.326 e. The Morgan fingerprint density at radius 1 is 1.35 bits per heavy atom. The highest BCUT2D eigenvalue weighted by Gasteiger charge is 2.34. The molecule has 17 heavy (non-hydrogen) atoms. The van der Waals surface area contributed by atoms with E-state index >= 15 is 0 Å². The van der Waals surface area contributed by atoms with E-state index in [-0.39, 0.29) is 17.5 Å². The molecule has 5 heteroatoms. The Balaban J connectivity index is 2.30. The lowest BCUT2D eigenvalue weighted by Crippen LogP contribution is -2.35. The van der Waals surface area contributed by atoms with Crippen LogP contribution in [0.2, 0.25) is 0 Å². The fraction of sp³-hybridized carbons (Fsp3) is 0.833. The topological polar surface area (TPSA) is 29.3 Å². The first kappa shape index (κ1) is 14.5. The zero-order valence-electron chi connectivity index (χ0n) is 10.5. The van der Waals surface area contributed by atoms with Gasteiger partial charge in [0.1, 0.15) is 0 Å². The van der Waals surface area contributed by atoms with E-state index in [1.165, 1.54) is 6.08 Å². The van der Waals surface area contributed by atoms with Gasteiger partial charge in [-0.3, -0.25) is 4.90 Å². The molecule has 1 aliphatic heterocycles. The van der Waals surface area contributed by atoms with Gasteiger partial charge in [0.15, 0.2) is 0 Å². The lowest BCUT2D eigenvalue weighted by atomic mass is 9.99. The van der Waals surface area contributed by atoms with Gasteiger partial charge in [-0.2, -0.15) is 13.2 Å². The minimum Gasteiger partial charge on any atom is -0.326 e. The molecule has 0 unspecified atom stereocenters. The standard InChI is InChI=1S/C12H21F3N2/c1-11(2,16)6-3-7-17-8-4-10(5-9-17)12(13,14)15/h4H,3,5-9,16H2,1-2H3. The van der Waals surface area contributed by atoms with Crippen LogP contribution in [0.3, 0.4) is 0 Å². The molecule has 0 saturated heterocycles. The molecule has 0 aromatic carbocycles. The van der Waals surface area contributed by atoms with E-state index in [0.717, 1.165) is 19.4 Å². The maximum Gasteiger partial charge on any atom is 0.412 e. The molecular formula is C12H21F3N2. The van der Waals surface area contributed by atoms with Gasteiger partial charge >= 0.3 is 6.18 Å². The van der Waals surface area contributed by atoms with Crippen molar-refractivity contribution < 1.29 is 13.2 Å². The van der Waals surface area contributed by atoms with Crippen molar-refractivity contribution in [2.45, 2.75) is 44.8 Å². The van der Waals surface area contributed by atoms with Gasteiger partial charge in [-0.1, -0.05) is 6.08 Å². The summed E-state index contributed by atoms with van der Waals surface area (Å²) in [5.41, 5.74) is 5.28. The van der Waals surface area contributed by atoms with E-state index in [2.05, 4.69) is 0 Å². The second kappa shape index (κ2) is 5.40. The minimum atomic E-state index is -4.15. The van der Waals surface area contributed by atoms with Crippen LogP contribution in [-0.2, 0) is 0 Å². The number of hydrogen-bond acceptors (Lipinski definition) is 2. The number of halogens is 3. The molecule has 0 saturated carbocycles. The molecule has 0 fully saturated rings. The van der Waals surface area contributed by atoms with Crippen molar-refractivity contribution in [1.29, 1.82) is 0 Å². The number of hydrogen-bond donors (Lipinski definition) is 1. The average molecular weight is 250 g/mol. The van der Waals surface area contributed by atoms with Crippen molar-refractivity contribution in [2.75, 3.05) is 19.6 Å². The van der Waals surface area contributed by atoms with Crippen molar-refractivity contribution >= 4 is 0 Å². The average Bonchev–Trinajstić information content (AvgIpc) is 2.15. The van der Waals surface area contributed by atoms with Gasteiger partial charge in [-0.25, -0.2) is 0 Å². The van der Waals surface area contributed by atoms with E-state index in [1.54, 1.807) is 0 Å². The Morgan fingerprint density at radius 2 is 2.00 bits per heavy atom. The zero-order chi connectivity index (χ0) is 13.1. The fourth-order valence-corrected chi connectivity index (χ4v) is 1.93. The molecule has 0 amide bonds. The summed E-state index contributed by atoms with van der Waals surface area (Å²) in [6.45, 7) is 5.65. The van der Waals surface area contributed by atoms with Gasteiger partial charge in [0.25, 0.3) is 0 Å². The summed E-state index contributed by atoms with van der Waals surface area (Å²) >= 11 is 0. The lowest BCUT2D eigenvalue weighted by Gasteiger charge is -2.28. The summed E-state index contributed by atoms with van der Waals surface area (Å²) < 4.78 is 37.1. The Morgan fingerprint density at radius 3 is 2.41 bits per heavy atom. The molecule has 0 radical (unpaired) electrons. The number of alkyl halides is 3. The van der Waals surface area contributed by atoms with Gasteiger partial charge in [0, 0.05) is 24.2 Å². The third-order valence-electron chi connectivity index (χ3n) is 2.95. The van der Waals surface area contributed by atoms with Crippen LogP contribution in [0.25, 0.3) is 0 Å². The number of nitrogens with zero attached hydrogens (tertiary/aromatic N) is 1. The Kier molecular flexibility index (Phi) is 4.61. The fourth-order valence-electron chi connectivity index (χ4n) is 1.93. The van der Waals surface area contributed by atoms with Crippen molar-refractivity contribution in [3.63, 3.8) is 0 Å². The molecule has 0 aliphatic carbocycles. The quantitative estimate of drug-likeness (QED) is 0.777. The molecule has 0 aromatic rings. The molecule has 1 heterocycles. The maximum atomic E-state index is 12.4. The molecule has 0 aromatic heterocycles. The molecular weight excluding hydrogens is 229 g/mol. The largest absolute Gasteiger partial charge is 0.412 e. The van der Waals surface area contributed by atoms with E-state index < -0.39 is 6.18 Å². The van der Waals surface area contributed by atoms with E-state index in [9.17, 15) is 13.2 Å². The third-order valence-corrected chi connectivity index (χ3v) is 2.95. The first-order valence-electron chi connectivity index (χ1n) is 5.96. The molecule has 1 rings (SSSR count). The summed E-state index contributed by atoms with van der Waals surface area (Å²) in [4.78, 5) is 2.04. The van der Waals surface area contributed by atoms with Crippen molar-refractivity contribution in [1.82, 2.24) is 4.90 Å². The number of rotatable bonds is 4. The van der Waals surface area contributed by atoms with Crippen LogP contribution in [0, 0.1) is 0 Å². The monoisotopic (exact) mass is 250 g/mol. The van der Waals surface area contributed by atoms with Crippen LogP contribution in [0.5, 0.6) is 0 Å². The van der Waals surface area contributed by atoms with E-state index in [4.69, 9.17) is 5.73 Å². The summed E-state index contributed by atoms with van der Waals surface area (Å²) in [5, 5.41) is 0. The van der Waals surface area contributed by atoms with Crippen molar-refractivity contribution in [3.05, 3.63) is 11.6 Å². The highest BCUT2D eigenvalue weighted by Crippen LogP contribution is 2.30. The Bertz CT molecular complexity index is 276. The summed E-state index contributed by atoms with van der Waals surface area (Å²) in [7, 11) is 0. The molecule has 2 N–H and O–H groups in total. The SMILES string of the molecule is CC(C)(N)CCCN1CC=C(C(F)(F)F)CC1. The third kappa shape index (κ3) is 5.55. The normalized spacial score (nSPS) is 19.3. The Hall–Kier alpha value is -0.550. The van der Waals surface area contributed by atoms with Gasteiger partial charge in [-0.15, -0.1) is 0 Å². The van der Waals surface area contributed by atoms with Crippen LogP contribution < -0.4 is 5.73 Å². The second-order valence-electron chi connectivity index (χ2n) is 5.37. The molecule has 0 atom stereocenters. The summed E-state index contributed by atoms with van der Waals surface area (Å²) in [6, 6.07) is 0. The van der Waals surface area contributed by atoms with Gasteiger partial charge in [0.2, 0.25) is 0 Å². The molecule has 1 aliphatic rings. The minimum absolute atomic E-state index is 0.107. The summed E-state index contributed by atoms with van der Waals surface area (Å²) in [5.74, 6) is 0. The second-order valence-corrected chi connectivity index (χ2v) is 5.37. The van der Waals surface area contributed by atoms with Crippen molar-refractivity contribution in [3.8, 4) is 0 Å². The van der Waals surface area contributed by atoms with E-state index in [1.807, 2.05) is 18.7 Å². The molecule has 0 bridgehead atoms. The molecule has 100 valence electrons. The zero-order valence-corrected chi connectivity index (χ0v) is 10.5. The summed E-state index contributed by atoms with van der Waals surface area (Å²) in [6.07, 6.45) is -0.921. The predicted octanol–water partition coefficient (Wildman–Crippen LogP) is 2.70. The highest BCUT2D eigenvalue weighted by molar-refractivity contribution is 5.12. The lowest BCUT2D eigenvalue weighted by molar-refractivity contribution is -0.0960. The van der Waals surface area contributed by atoms with Crippen LogP contribution in [-0.4, -0.2) is 36.2 Å². The van der Waals surface area contributed by atoms with Crippen LogP contribution >= 0.6 is 0 Å². The van der Waals surface area contributed by atoms with Crippen molar-refractivity contribution in [2.24, 2.45) is 5.73 Å². The van der Waals surface area contributed by atoms with Gasteiger partial charge in [0.05, 0.1) is 0 Å². The first-order chi connectivity index (χ1) is 7.68. The van der Waals surface area contributed by atoms with Gasteiger partial charge in [-0.05, 0) is 39.7 Å².